The van der Waals surface area contributed by atoms with E-state index in [9.17, 15) is 13.2 Å². The van der Waals surface area contributed by atoms with E-state index in [-0.39, 0.29) is 18.3 Å². The Morgan fingerprint density at radius 1 is 1.22 bits per heavy atom. The van der Waals surface area contributed by atoms with Crippen LogP contribution in [0.2, 0.25) is 0 Å². The molecule has 2 heterocycles. The van der Waals surface area contributed by atoms with E-state index in [4.69, 9.17) is 0 Å². The van der Waals surface area contributed by atoms with E-state index in [0.717, 1.165) is 50.8 Å². The van der Waals surface area contributed by atoms with Crippen LogP contribution >= 0.6 is 12.4 Å². The van der Waals surface area contributed by atoms with E-state index >= 15 is 0 Å². The highest BCUT2D eigenvalue weighted by atomic mass is 35.5. The lowest BCUT2D eigenvalue weighted by molar-refractivity contribution is -0.121. The first-order chi connectivity index (χ1) is 12.6. The van der Waals surface area contributed by atoms with Crippen molar-refractivity contribution in [3.8, 4) is 0 Å². The molecule has 0 radical (unpaired) electrons. The van der Waals surface area contributed by atoms with E-state index in [1.54, 1.807) is 22.5 Å². The van der Waals surface area contributed by atoms with Gasteiger partial charge in [-0.05, 0) is 62.4 Å². The highest BCUT2D eigenvalue weighted by Crippen LogP contribution is 2.21. The predicted octanol–water partition coefficient (Wildman–Crippen LogP) is 2.29. The van der Waals surface area contributed by atoms with Gasteiger partial charge in [-0.3, -0.25) is 4.79 Å². The average Bonchev–Trinajstić information content (AvgIpc) is 3.19. The van der Waals surface area contributed by atoms with Crippen LogP contribution in [0.1, 0.15) is 44.1 Å². The fourth-order valence-corrected chi connectivity index (χ4v) is 5.24. The predicted molar refractivity (Wildman–Crippen MR) is 108 cm³/mol. The Morgan fingerprint density at radius 3 is 2.70 bits per heavy atom. The molecule has 0 aromatic heterocycles. The topological polar surface area (TPSA) is 78.5 Å². The highest BCUT2D eigenvalue weighted by Gasteiger charge is 2.26. The van der Waals surface area contributed by atoms with Crippen LogP contribution in [0.3, 0.4) is 0 Å². The third-order valence-corrected chi connectivity index (χ3v) is 7.18. The van der Waals surface area contributed by atoms with Crippen molar-refractivity contribution in [3.05, 3.63) is 29.8 Å². The number of piperidine rings is 1. The molecule has 0 spiro atoms. The first-order valence-corrected chi connectivity index (χ1v) is 11.1. The second-order valence-corrected chi connectivity index (χ2v) is 9.22. The molecule has 1 unspecified atom stereocenters. The Morgan fingerprint density at radius 2 is 2.00 bits per heavy atom. The molecule has 6 nitrogen and oxygen atoms in total. The minimum absolute atomic E-state index is 0. The van der Waals surface area contributed by atoms with Crippen molar-refractivity contribution < 1.29 is 13.2 Å². The number of benzene rings is 1. The van der Waals surface area contributed by atoms with Gasteiger partial charge in [0.25, 0.3) is 0 Å². The van der Waals surface area contributed by atoms with Gasteiger partial charge in [-0.25, -0.2) is 8.42 Å². The van der Waals surface area contributed by atoms with Gasteiger partial charge in [-0.2, -0.15) is 4.31 Å². The number of rotatable bonds is 7. The van der Waals surface area contributed by atoms with Crippen LogP contribution in [0.4, 0.5) is 0 Å². The molecule has 2 aliphatic rings. The molecule has 0 bridgehead atoms. The van der Waals surface area contributed by atoms with E-state index in [1.165, 1.54) is 0 Å². The summed E-state index contributed by atoms with van der Waals surface area (Å²) in [6, 6.07) is 6.94. The maximum atomic E-state index is 12.8. The van der Waals surface area contributed by atoms with Gasteiger partial charge in [-0.1, -0.05) is 18.6 Å². The Balaban J connectivity index is 0.00000261. The molecule has 0 saturated carbocycles. The van der Waals surface area contributed by atoms with Gasteiger partial charge in [0, 0.05) is 26.1 Å². The van der Waals surface area contributed by atoms with Crippen molar-refractivity contribution >= 4 is 28.3 Å². The third-order valence-electron chi connectivity index (χ3n) is 5.28. The monoisotopic (exact) mass is 415 g/mol. The first-order valence-electron chi connectivity index (χ1n) is 9.62. The standard InChI is InChI=1S/C19H29N3O3S.ClH/c23-19(8-7-16-9-10-20-14-16)21-15-17-5-4-6-18(13-17)26(24,25)22-11-2-1-3-12-22;/h4-6,13,16,20H,1-3,7-12,14-15H2,(H,21,23);1H. The molecular weight excluding hydrogens is 386 g/mol. The van der Waals surface area contributed by atoms with Crippen LogP contribution in [-0.4, -0.2) is 44.8 Å². The SMILES string of the molecule is Cl.O=C(CCC1CCNC1)NCc1cccc(S(=O)(=O)N2CCCCC2)c1. The number of sulfonamides is 1. The van der Waals surface area contributed by atoms with E-state index in [1.807, 2.05) is 6.07 Å². The van der Waals surface area contributed by atoms with Crippen LogP contribution < -0.4 is 10.6 Å². The molecule has 27 heavy (non-hydrogen) atoms. The highest BCUT2D eigenvalue weighted by molar-refractivity contribution is 7.89. The first kappa shape index (κ1) is 22.1. The van der Waals surface area contributed by atoms with Crippen LogP contribution in [0.25, 0.3) is 0 Å². The quantitative estimate of drug-likeness (QED) is 0.716. The molecule has 152 valence electrons. The number of carbonyl (C=O) groups excluding carboxylic acids is 1. The number of carbonyl (C=O) groups is 1. The Kier molecular flexibility index (Phi) is 8.54. The van der Waals surface area contributed by atoms with E-state index in [2.05, 4.69) is 10.6 Å². The van der Waals surface area contributed by atoms with Gasteiger partial charge in [0.05, 0.1) is 4.90 Å². The number of hydrogen-bond donors (Lipinski definition) is 2. The summed E-state index contributed by atoms with van der Waals surface area (Å²) >= 11 is 0. The number of nitrogens with zero attached hydrogens (tertiary/aromatic N) is 1. The van der Waals surface area contributed by atoms with Crippen molar-refractivity contribution in [2.75, 3.05) is 26.2 Å². The van der Waals surface area contributed by atoms with Crippen molar-refractivity contribution in [1.82, 2.24) is 14.9 Å². The third kappa shape index (κ3) is 6.17. The van der Waals surface area contributed by atoms with Crippen LogP contribution in [-0.2, 0) is 21.4 Å². The van der Waals surface area contributed by atoms with E-state index < -0.39 is 10.0 Å². The van der Waals surface area contributed by atoms with Gasteiger partial charge in [0.1, 0.15) is 0 Å². The molecule has 1 aromatic carbocycles. The van der Waals surface area contributed by atoms with Crippen molar-refractivity contribution in [2.45, 2.75) is 50.0 Å². The minimum atomic E-state index is -3.43. The molecule has 1 atom stereocenters. The maximum absolute atomic E-state index is 12.8. The molecule has 3 rings (SSSR count). The largest absolute Gasteiger partial charge is 0.352 e. The van der Waals surface area contributed by atoms with Gasteiger partial charge >= 0.3 is 0 Å². The summed E-state index contributed by atoms with van der Waals surface area (Å²) < 4.78 is 27.1. The normalized spacial score (nSPS) is 20.8. The van der Waals surface area contributed by atoms with Gasteiger partial charge in [0.2, 0.25) is 15.9 Å². The molecule has 2 saturated heterocycles. The van der Waals surface area contributed by atoms with E-state index in [0.29, 0.717) is 36.9 Å². The summed E-state index contributed by atoms with van der Waals surface area (Å²) in [5, 5.41) is 6.22. The summed E-state index contributed by atoms with van der Waals surface area (Å²) in [6.07, 6.45) is 5.51. The molecule has 2 fully saturated rings. The number of hydrogen-bond acceptors (Lipinski definition) is 4. The fraction of sp³-hybridized carbons (Fsp3) is 0.632. The van der Waals surface area contributed by atoms with Crippen LogP contribution in [0.5, 0.6) is 0 Å². The minimum Gasteiger partial charge on any atom is -0.352 e. The van der Waals surface area contributed by atoms with Gasteiger partial charge in [-0.15, -0.1) is 12.4 Å². The lowest BCUT2D eigenvalue weighted by Crippen LogP contribution is -2.35. The van der Waals surface area contributed by atoms with Crippen LogP contribution in [0, 0.1) is 5.92 Å². The molecule has 2 N–H and O–H groups in total. The Labute approximate surface area is 168 Å². The zero-order chi connectivity index (χ0) is 18.4. The van der Waals surface area contributed by atoms with Gasteiger partial charge < -0.3 is 10.6 Å². The summed E-state index contributed by atoms with van der Waals surface area (Å²) in [5.41, 5.74) is 0.818. The number of amides is 1. The van der Waals surface area contributed by atoms with Crippen molar-refractivity contribution in [2.24, 2.45) is 5.92 Å². The average molecular weight is 416 g/mol. The van der Waals surface area contributed by atoms with Gasteiger partial charge in [0.15, 0.2) is 0 Å². The molecule has 1 amide bonds. The molecular formula is C19H30ClN3O3S. The smallest absolute Gasteiger partial charge is 0.243 e. The van der Waals surface area contributed by atoms with Crippen LogP contribution in [0.15, 0.2) is 29.2 Å². The second kappa shape index (κ2) is 10.4. The fourth-order valence-electron chi connectivity index (χ4n) is 3.66. The summed E-state index contributed by atoms with van der Waals surface area (Å²) in [6.45, 7) is 3.61. The Bertz CT molecular complexity index is 715. The maximum Gasteiger partial charge on any atom is 0.243 e. The zero-order valence-corrected chi connectivity index (χ0v) is 17.3. The second-order valence-electron chi connectivity index (χ2n) is 7.29. The van der Waals surface area contributed by atoms with Crippen molar-refractivity contribution in [3.63, 3.8) is 0 Å². The molecule has 8 heteroatoms. The van der Waals surface area contributed by atoms with Crippen molar-refractivity contribution in [1.29, 1.82) is 0 Å². The summed E-state index contributed by atoms with van der Waals surface area (Å²) in [5.74, 6) is 0.625. The number of nitrogens with one attached hydrogen (secondary N) is 2. The Hall–Kier alpha value is -1.15. The number of halogens is 1. The summed E-state index contributed by atoms with van der Waals surface area (Å²) in [4.78, 5) is 12.4. The molecule has 2 aliphatic heterocycles. The molecule has 1 aromatic rings. The lowest BCUT2D eigenvalue weighted by Gasteiger charge is -2.26. The summed E-state index contributed by atoms with van der Waals surface area (Å²) in [7, 11) is -3.43. The molecule has 0 aliphatic carbocycles. The lowest BCUT2D eigenvalue weighted by atomic mass is 10.0. The zero-order valence-electron chi connectivity index (χ0n) is 15.7.